The van der Waals surface area contributed by atoms with Crippen molar-refractivity contribution in [2.75, 3.05) is 26.2 Å². The molecule has 106 valence electrons. The summed E-state index contributed by atoms with van der Waals surface area (Å²) >= 11 is 0. The van der Waals surface area contributed by atoms with Crippen LogP contribution < -0.4 is 0 Å². The highest BCUT2D eigenvalue weighted by molar-refractivity contribution is 5.86. The van der Waals surface area contributed by atoms with E-state index in [1.165, 1.54) is 4.90 Å². The number of aliphatic carboxylic acids is 1. The van der Waals surface area contributed by atoms with Crippen LogP contribution in [0.5, 0.6) is 0 Å². The summed E-state index contributed by atoms with van der Waals surface area (Å²) in [6.07, 6.45) is -0.783. The number of ether oxygens (including phenoxy) is 1. The Bertz CT molecular complexity index is 417. The Morgan fingerprint density at radius 2 is 2.05 bits per heavy atom. The first-order chi connectivity index (χ1) is 8.93. The Morgan fingerprint density at radius 1 is 1.42 bits per heavy atom. The van der Waals surface area contributed by atoms with Gasteiger partial charge in [-0.25, -0.2) is 9.59 Å². The topological polar surface area (TPSA) is 113 Å². The fourth-order valence-corrected chi connectivity index (χ4v) is 1.82. The molecule has 1 amide bonds. The molecule has 0 aromatic carbocycles. The predicted molar refractivity (Wildman–Crippen MR) is 62.6 cm³/mol. The highest BCUT2D eigenvalue weighted by atomic mass is 16.6. The van der Waals surface area contributed by atoms with Gasteiger partial charge in [0, 0.05) is 19.6 Å². The van der Waals surface area contributed by atoms with Gasteiger partial charge in [-0.3, -0.25) is 15.0 Å². The van der Waals surface area contributed by atoms with Crippen molar-refractivity contribution in [3.8, 4) is 0 Å². The molecule has 1 aliphatic rings. The Morgan fingerprint density at radius 3 is 2.47 bits per heavy atom. The summed E-state index contributed by atoms with van der Waals surface area (Å²) < 4.78 is 4.77. The molecule has 1 aliphatic heterocycles. The van der Waals surface area contributed by atoms with Crippen molar-refractivity contribution in [3.05, 3.63) is 21.6 Å². The molecule has 1 fully saturated rings. The molecular weight excluding hydrogens is 258 g/mol. The minimum absolute atomic E-state index is 0.107. The van der Waals surface area contributed by atoms with Crippen molar-refractivity contribution in [2.45, 2.75) is 13.8 Å². The number of hydrogen-bond donors (Lipinski definition) is 1. The maximum absolute atomic E-state index is 11.7. The number of amides is 1. The summed E-state index contributed by atoms with van der Waals surface area (Å²) in [6, 6.07) is 0. The van der Waals surface area contributed by atoms with Crippen molar-refractivity contribution >= 4 is 12.1 Å². The Balaban J connectivity index is 3.27. The summed E-state index contributed by atoms with van der Waals surface area (Å²) in [5, 5.41) is 19.8. The summed E-state index contributed by atoms with van der Waals surface area (Å²) in [5.41, 5.74) is -1.02. The average molecular weight is 273 g/mol. The van der Waals surface area contributed by atoms with Crippen LogP contribution in [0, 0.1) is 10.1 Å². The van der Waals surface area contributed by atoms with Crippen LogP contribution in [0.3, 0.4) is 0 Å². The molecule has 0 aliphatic carbocycles. The van der Waals surface area contributed by atoms with E-state index in [1.54, 1.807) is 13.8 Å². The SMILES string of the molecule is CCOC(=O)N1CCN(CC)C1=C(C(=O)O)[N+](=O)[O-]. The molecule has 0 spiro atoms. The van der Waals surface area contributed by atoms with E-state index < -0.39 is 22.7 Å². The molecule has 1 heterocycles. The van der Waals surface area contributed by atoms with E-state index in [0.717, 1.165) is 4.90 Å². The normalized spacial score (nSPS) is 17.4. The molecule has 0 unspecified atom stereocenters. The van der Waals surface area contributed by atoms with Gasteiger partial charge in [0.2, 0.25) is 5.82 Å². The van der Waals surface area contributed by atoms with E-state index in [9.17, 15) is 19.7 Å². The van der Waals surface area contributed by atoms with Gasteiger partial charge in [-0.05, 0) is 13.8 Å². The molecule has 0 aromatic rings. The molecule has 19 heavy (non-hydrogen) atoms. The average Bonchev–Trinajstić information content (AvgIpc) is 2.72. The van der Waals surface area contributed by atoms with Crippen molar-refractivity contribution in [2.24, 2.45) is 0 Å². The van der Waals surface area contributed by atoms with Crippen LogP contribution in [0.15, 0.2) is 11.5 Å². The Hall–Kier alpha value is -2.32. The van der Waals surface area contributed by atoms with Gasteiger partial charge in [-0.1, -0.05) is 0 Å². The highest BCUT2D eigenvalue weighted by Gasteiger charge is 2.40. The third-order valence-corrected chi connectivity index (χ3v) is 2.62. The zero-order chi connectivity index (χ0) is 14.6. The van der Waals surface area contributed by atoms with Gasteiger partial charge in [0.15, 0.2) is 0 Å². The van der Waals surface area contributed by atoms with Gasteiger partial charge in [0.05, 0.1) is 11.5 Å². The van der Waals surface area contributed by atoms with Gasteiger partial charge in [-0.2, -0.15) is 0 Å². The minimum atomic E-state index is -1.69. The largest absolute Gasteiger partial charge is 0.473 e. The molecule has 0 aromatic heterocycles. The number of carbonyl (C=O) groups is 2. The molecule has 1 N–H and O–H groups in total. The van der Waals surface area contributed by atoms with E-state index in [1.807, 2.05) is 0 Å². The van der Waals surface area contributed by atoms with Gasteiger partial charge in [0.25, 0.3) is 0 Å². The minimum Gasteiger partial charge on any atom is -0.473 e. The Labute approximate surface area is 109 Å². The first kappa shape index (κ1) is 14.7. The third-order valence-electron chi connectivity index (χ3n) is 2.62. The Kier molecular flexibility index (Phi) is 4.67. The van der Waals surface area contributed by atoms with E-state index in [0.29, 0.717) is 13.1 Å². The second-order valence-corrected chi connectivity index (χ2v) is 3.66. The van der Waals surface area contributed by atoms with Crippen molar-refractivity contribution < 1.29 is 24.4 Å². The molecule has 0 saturated carbocycles. The molecule has 9 heteroatoms. The summed E-state index contributed by atoms with van der Waals surface area (Å²) in [4.78, 5) is 35.0. The molecule has 1 saturated heterocycles. The monoisotopic (exact) mass is 273 g/mol. The molecule has 0 atom stereocenters. The van der Waals surface area contributed by atoms with Gasteiger partial charge >= 0.3 is 17.8 Å². The summed E-state index contributed by atoms with van der Waals surface area (Å²) in [7, 11) is 0. The van der Waals surface area contributed by atoms with Gasteiger partial charge < -0.3 is 14.7 Å². The van der Waals surface area contributed by atoms with E-state index >= 15 is 0 Å². The molecule has 0 bridgehead atoms. The first-order valence-electron chi connectivity index (χ1n) is 5.75. The highest BCUT2D eigenvalue weighted by Crippen LogP contribution is 2.23. The van der Waals surface area contributed by atoms with Crippen molar-refractivity contribution in [3.63, 3.8) is 0 Å². The van der Waals surface area contributed by atoms with Crippen molar-refractivity contribution in [1.29, 1.82) is 0 Å². The number of carboxylic acids is 1. The lowest BCUT2D eigenvalue weighted by Gasteiger charge is -2.20. The van der Waals surface area contributed by atoms with Crippen LogP contribution in [0.4, 0.5) is 4.79 Å². The number of rotatable bonds is 4. The van der Waals surface area contributed by atoms with Gasteiger partial charge in [0.1, 0.15) is 0 Å². The fourth-order valence-electron chi connectivity index (χ4n) is 1.82. The smallest absolute Gasteiger partial charge is 0.415 e. The maximum Gasteiger partial charge on any atom is 0.415 e. The second kappa shape index (κ2) is 6.03. The maximum atomic E-state index is 11.7. The quantitative estimate of drug-likeness (QED) is 0.445. The second-order valence-electron chi connectivity index (χ2n) is 3.66. The number of likely N-dealkylation sites (N-methyl/N-ethyl adjacent to an activating group) is 1. The van der Waals surface area contributed by atoms with Gasteiger partial charge in [-0.15, -0.1) is 0 Å². The lowest BCUT2D eigenvalue weighted by atomic mass is 10.4. The molecule has 0 radical (unpaired) electrons. The lowest BCUT2D eigenvalue weighted by Crippen LogP contribution is -2.34. The van der Waals surface area contributed by atoms with Crippen LogP contribution in [0.2, 0.25) is 0 Å². The van der Waals surface area contributed by atoms with E-state index in [-0.39, 0.29) is 19.0 Å². The standard InChI is InChI=1S/C10H15N3O6/c1-3-11-5-6-12(10(16)19-4-2)8(11)7(9(14)15)13(17)18/h3-6H2,1-2H3,(H,14,15). The van der Waals surface area contributed by atoms with Crippen LogP contribution in [0.25, 0.3) is 0 Å². The first-order valence-corrected chi connectivity index (χ1v) is 5.75. The number of carbonyl (C=O) groups excluding carboxylic acids is 1. The predicted octanol–water partition coefficient (Wildman–Crippen LogP) is 0.311. The number of nitrogens with zero attached hydrogens (tertiary/aromatic N) is 3. The summed E-state index contributed by atoms with van der Waals surface area (Å²) in [6.45, 7) is 4.27. The number of carboxylic acid groups (broad SMARTS) is 1. The van der Waals surface area contributed by atoms with Crippen LogP contribution >= 0.6 is 0 Å². The fraction of sp³-hybridized carbons (Fsp3) is 0.600. The molecule has 9 nitrogen and oxygen atoms in total. The molecular formula is C10H15N3O6. The zero-order valence-electron chi connectivity index (χ0n) is 10.7. The summed E-state index contributed by atoms with van der Waals surface area (Å²) in [5.74, 6) is -1.91. The lowest BCUT2D eigenvalue weighted by molar-refractivity contribution is -0.423. The number of hydrogen-bond acceptors (Lipinski definition) is 6. The van der Waals surface area contributed by atoms with Crippen LogP contribution in [-0.2, 0) is 9.53 Å². The van der Waals surface area contributed by atoms with Crippen LogP contribution in [-0.4, -0.2) is 58.1 Å². The third kappa shape index (κ3) is 2.92. The van der Waals surface area contributed by atoms with Crippen molar-refractivity contribution in [1.82, 2.24) is 9.80 Å². The van der Waals surface area contributed by atoms with E-state index in [4.69, 9.17) is 9.84 Å². The molecule has 1 rings (SSSR count). The van der Waals surface area contributed by atoms with E-state index in [2.05, 4.69) is 0 Å². The number of nitro groups is 1. The van der Waals surface area contributed by atoms with Crippen LogP contribution in [0.1, 0.15) is 13.8 Å². The zero-order valence-corrected chi connectivity index (χ0v) is 10.7.